The van der Waals surface area contributed by atoms with Crippen LogP contribution in [-0.4, -0.2) is 26.4 Å². The molecule has 6 nitrogen and oxygen atoms in total. The highest BCUT2D eigenvalue weighted by molar-refractivity contribution is 9.10. The van der Waals surface area contributed by atoms with Gasteiger partial charge >= 0.3 is 5.69 Å². The maximum Gasteiger partial charge on any atom is 0.343 e. The van der Waals surface area contributed by atoms with Crippen LogP contribution < -0.4 is 11.0 Å². The number of benzene rings is 1. The monoisotopic (exact) mass is 370 g/mol. The van der Waals surface area contributed by atoms with Crippen LogP contribution in [0.5, 0.6) is 0 Å². The number of nitrogens with one attached hydrogen (secondary N) is 2. The Hall–Kier alpha value is -1.54. The molecule has 0 atom stereocenters. The number of carbonyl (C=O) groups excluding carboxylic acids is 1. The Morgan fingerprint density at radius 3 is 2.81 bits per heavy atom. The Balaban J connectivity index is 1.92. The van der Waals surface area contributed by atoms with E-state index in [0.29, 0.717) is 11.7 Å². The van der Waals surface area contributed by atoms with Crippen LogP contribution >= 0.6 is 27.7 Å². The summed E-state index contributed by atoms with van der Waals surface area (Å²) in [6, 6.07) is 7.34. The van der Waals surface area contributed by atoms with Gasteiger partial charge in [-0.1, -0.05) is 34.6 Å². The van der Waals surface area contributed by atoms with Crippen molar-refractivity contribution in [1.82, 2.24) is 14.8 Å². The topological polar surface area (TPSA) is 79.8 Å². The van der Waals surface area contributed by atoms with Crippen molar-refractivity contribution in [2.24, 2.45) is 0 Å². The Kier molecular flexibility index (Phi) is 5.63. The Labute approximate surface area is 134 Å². The van der Waals surface area contributed by atoms with Crippen LogP contribution in [0.25, 0.3) is 0 Å². The summed E-state index contributed by atoms with van der Waals surface area (Å²) >= 11 is 4.57. The number of hydrogen-bond acceptors (Lipinski definition) is 4. The quantitative estimate of drug-likeness (QED) is 0.765. The van der Waals surface area contributed by atoms with Gasteiger partial charge in [0.25, 0.3) is 0 Å². The zero-order valence-corrected chi connectivity index (χ0v) is 13.8. The van der Waals surface area contributed by atoms with Crippen molar-refractivity contribution >= 4 is 39.3 Å². The lowest BCUT2D eigenvalue weighted by atomic mass is 10.3. The predicted octanol–water partition coefficient (Wildman–Crippen LogP) is 2.47. The molecule has 0 fully saturated rings. The molecule has 0 aliphatic rings. The van der Waals surface area contributed by atoms with Gasteiger partial charge in [0.2, 0.25) is 5.91 Å². The van der Waals surface area contributed by atoms with E-state index in [1.165, 1.54) is 16.3 Å². The predicted molar refractivity (Wildman–Crippen MR) is 86.6 cm³/mol. The third-order valence-corrected chi connectivity index (χ3v) is 4.14. The Morgan fingerprint density at radius 2 is 2.14 bits per heavy atom. The molecule has 0 spiro atoms. The van der Waals surface area contributed by atoms with E-state index in [1.54, 1.807) is 0 Å². The fourth-order valence-corrected chi connectivity index (χ4v) is 2.73. The zero-order valence-electron chi connectivity index (χ0n) is 11.4. The van der Waals surface area contributed by atoms with Gasteiger partial charge in [0.1, 0.15) is 0 Å². The number of thioether (sulfide) groups is 1. The number of amides is 1. The molecular formula is C13H15BrN4O2S. The molecule has 0 unspecified atom stereocenters. The fourth-order valence-electron chi connectivity index (χ4n) is 1.69. The first-order chi connectivity index (χ1) is 10.1. The first kappa shape index (κ1) is 15.8. The Morgan fingerprint density at radius 1 is 1.43 bits per heavy atom. The normalized spacial score (nSPS) is 10.6. The molecule has 1 amide bonds. The number of H-pyrrole nitrogens is 1. The van der Waals surface area contributed by atoms with Gasteiger partial charge in [-0.05, 0) is 30.7 Å². The van der Waals surface area contributed by atoms with Gasteiger partial charge in [-0.3, -0.25) is 9.36 Å². The number of halogens is 1. The summed E-state index contributed by atoms with van der Waals surface area (Å²) in [5, 5.41) is 9.66. The van der Waals surface area contributed by atoms with E-state index in [0.717, 1.165) is 16.6 Å². The van der Waals surface area contributed by atoms with Gasteiger partial charge in [-0.15, -0.1) is 5.10 Å². The SMILES string of the molecule is CCCn1c(SCC(=O)Nc2ccc(Br)cc2)n[nH]c1=O. The first-order valence-corrected chi connectivity index (χ1v) is 8.21. The second kappa shape index (κ2) is 7.46. The lowest BCUT2D eigenvalue weighted by Gasteiger charge is -2.05. The highest BCUT2D eigenvalue weighted by Gasteiger charge is 2.10. The minimum Gasteiger partial charge on any atom is -0.325 e. The van der Waals surface area contributed by atoms with Crippen molar-refractivity contribution in [1.29, 1.82) is 0 Å². The molecule has 2 N–H and O–H groups in total. The van der Waals surface area contributed by atoms with Gasteiger partial charge in [0.15, 0.2) is 5.16 Å². The van der Waals surface area contributed by atoms with Gasteiger partial charge in [0.05, 0.1) is 5.75 Å². The van der Waals surface area contributed by atoms with Crippen molar-refractivity contribution in [3.8, 4) is 0 Å². The molecule has 0 saturated heterocycles. The largest absolute Gasteiger partial charge is 0.343 e. The van der Waals surface area contributed by atoms with Crippen LogP contribution in [0.4, 0.5) is 5.69 Å². The number of nitrogens with zero attached hydrogens (tertiary/aromatic N) is 2. The highest BCUT2D eigenvalue weighted by Crippen LogP contribution is 2.16. The van der Waals surface area contributed by atoms with Gasteiger partial charge in [-0.2, -0.15) is 0 Å². The van der Waals surface area contributed by atoms with Crippen molar-refractivity contribution in [2.75, 3.05) is 11.1 Å². The molecule has 2 aromatic rings. The fraction of sp³-hybridized carbons (Fsp3) is 0.308. The van der Waals surface area contributed by atoms with Crippen LogP contribution in [-0.2, 0) is 11.3 Å². The van der Waals surface area contributed by atoms with Crippen molar-refractivity contribution < 1.29 is 4.79 Å². The van der Waals surface area contributed by atoms with Gasteiger partial charge < -0.3 is 5.32 Å². The molecule has 0 saturated carbocycles. The summed E-state index contributed by atoms with van der Waals surface area (Å²) in [5.41, 5.74) is 0.490. The molecule has 0 radical (unpaired) electrons. The lowest BCUT2D eigenvalue weighted by molar-refractivity contribution is -0.113. The molecule has 112 valence electrons. The smallest absolute Gasteiger partial charge is 0.325 e. The number of aromatic nitrogens is 3. The molecule has 8 heteroatoms. The zero-order chi connectivity index (χ0) is 15.2. The summed E-state index contributed by atoms with van der Waals surface area (Å²) in [6.45, 7) is 2.57. The molecular weight excluding hydrogens is 356 g/mol. The molecule has 21 heavy (non-hydrogen) atoms. The maximum atomic E-state index is 11.9. The maximum absolute atomic E-state index is 11.9. The minimum absolute atomic E-state index is 0.138. The average Bonchev–Trinajstić information content (AvgIpc) is 2.81. The minimum atomic E-state index is -0.243. The van der Waals surface area contributed by atoms with Crippen molar-refractivity contribution in [3.05, 3.63) is 39.2 Å². The molecule has 0 aliphatic carbocycles. The molecule has 1 aromatic heterocycles. The lowest BCUT2D eigenvalue weighted by Crippen LogP contribution is -2.18. The standard InChI is InChI=1S/C13H15BrN4O2S/c1-2-7-18-12(20)16-17-13(18)21-8-11(19)15-10-5-3-9(14)4-6-10/h3-6H,2,7-8H2,1H3,(H,15,19)(H,16,20). The molecule has 0 bridgehead atoms. The molecule has 0 aliphatic heterocycles. The van der Waals surface area contributed by atoms with Crippen LogP contribution in [0.15, 0.2) is 38.7 Å². The van der Waals surface area contributed by atoms with E-state index < -0.39 is 0 Å². The van der Waals surface area contributed by atoms with Gasteiger partial charge in [-0.25, -0.2) is 9.89 Å². The third kappa shape index (κ3) is 4.47. The van der Waals surface area contributed by atoms with Crippen molar-refractivity contribution in [3.63, 3.8) is 0 Å². The first-order valence-electron chi connectivity index (χ1n) is 6.43. The molecule has 2 rings (SSSR count). The number of rotatable bonds is 6. The Bertz CT molecular complexity index is 666. The number of carbonyl (C=O) groups is 1. The summed E-state index contributed by atoms with van der Waals surface area (Å²) in [7, 11) is 0. The third-order valence-electron chi connectivity index (χ3n) is 2.63. The number of anilines is 1. The molecule has 1 aromatic carbocycles. The van der Waals surface area contributed by atoms with Crippen LogP contribution in [0.1, 0.15) is 13.3 Å². The average molecular weight is 371 g/mol. The van der Waals surface area contributed by atoms with E-state index in [2.05, 4.69) is 31.4 Å². The van der Waals surface area contributed by atoms with Crippen LogP contribution in [0.2, 0.25) is 0 Å². The molecule has 1 heterocycles. The van der Waals surface area contributed by atoms with Crippen LogP contribution in [0.3, 0.4) is 0 Å². The van der Waals surface area contributed by atoms with E-state index >= 15 is 0 Å². The summed E-state index contributed by atoms with van der Waals surface area (Å²) in [6.07, 6.45) is 0.831. The van der Waals surface area contributed by atoms with Gasteiger partial charge in [0, 0.05) is 16.7 Å². The number of hydrogen-bond donors (Lipinski definition) is 2. The van der Waals surface area contributed by atoms with Crippen molar-refractivity contribution in [2.45, 2.75) is 25.0 Å². The van der Waals surface area contributed by atoms with E-state index in [-0.39, 0.29) is 17.3 Å². The highest BCUT2D eigenvalue weighted by atomic mass is 79.9. The summed E-state index contributed by atoms with van der Waals surface area (Å²) in [5.74, 6) is 0.0604. The van der Waals surface area contributed by atoms with E-state index in [9.17, 15) is 9.59 Å². The van der Waals surface area contributed by atoms with E-state index in [1.807, 2.05) is 31.2 Å². The van der Waals surface area contributed by atoms with Crippen LogP contribution in [0, 0.1) is 0 Å². The summed E-state index contributed by atoms with van der Waals surface area (Å²) < 4.78 is 2.49. The summed E-state index contributed by atoms with van der Waals surface area (Å²) in [4.78, 5) is 23.4. The van der Waals surface area contributed by atoms with E-state index in [4.69, 9.17) is 0 Å². The second-order valence-corrected chi connectivity index (χ2v) is 6.16. The number of aromatic amines is 1. The second-order valence-electron chi connectivity index (χ2n) is 4.31.